The number of β-amino-alcohol motifs (C(OH)–C–C–N with tert-alkyl or cyclic N) is 1. The number of hydrogen-bond donors (Lipinski definition) is 1. The van der Waals surface area contributed by atoms with Crippen LogP contribution in [-0.2, 0) is 10.0 Å². The van der Waals surface area contributed by atoms with Crippen molar-refractivity contribution in [3.63, 3.8) is 0 Å². The van der Waals surface area contributed by atoms with E-state index in [4.69, 9.17) is 5.11 Å². The topological polar surface area (TPSA) is 60.9 Å². The molecule has 1 saturated heterocycles. The van der Waals surface area contributed by atoms with E-state index in [1.165, 1.54) is 15.6 Å². The average molecular weight is 276 g/mol. The standard InChI is InChI=1S/C10H16N2O3S2/c13-8-7-11-3-5-12(6-4-11)17(14,15)10-2-1-9-16-10/h1-2,9,13H,3-8H2. The predicted molar refractivity (Wildman–Crippen MR) is 66.6 cm³/mol. The van der Waals surface area contributed by atoms with E-state index in [0.29, 0.717) is 36.9 Å². The van der Waals surface area contributed by atoms with Gasteiger partial charge in [-0.2, -0.15) is 4.31 Å². The van der Waals surface area contributed by atoms with Crippen LogP contribution in [0, 0.1) is 0 Å². The molecule has 7 heteroatoms. The molecular formula is C10H16N2O3S2. The first-order chi connectivity index (χ1) is 8.14. The molecular weight excluding hydrogens is 260 g/mol. The van der Waals surface area contributed by atoms with Crippen LogP contribution in [0.5, 0.6) is 0 Å². The molecule has 2 rings (SSSR count). The summed E-state index contributed by atoms with van der Waals surface area (Å²) in [5.74, 6) is 0. The lowest BCUT2D eigenvalue weighted by atomic mass is 10.4. The van der Waals surface area contributed by atoms with E-state index >= 15 is 0 Å². The molecule has 0 aliphatic carbocycles. The summed E-state index contributed by atoms with van der Waals surface area (Å²) in [5, 5.41) is 10.6. The molecule has 2 heterocycles. The Kier molecular flexibility index (Phi) is 4.16. The summed E-state index contributed by atoms with van der Waals surface area (Å²) in [5.41, 5.74) is 0. The zero-order chi connectivity index (χ0) is 12.3. The minimum Gasteiger partial charge on any atom is -0.395 e. The zero-order valence-corrected chi connectivity index (χ0v) is 11.1. The highest BCUT2D eigenvalue weighted by Crippen LogP contribution is 2.21. The van der Waals surface area contributed by atoms with Crippen molar-refractivity contribution in [1.29, 1.82) is 0 Å². The molecule has 1 aliphatic rings. The van der Waals surface area contributed by atoms with Crippen LogP contribution in [0.15, 0.2) is 21.7 Å². The molecule has 1 N–H and O–H groups in total. The van der Waals surface area contributed by atoms with Gasteiger partial charge in [0.2, 0.25) is 0 Å². The maximum atomic E-state index is 12.2. The van der Waals surface area contributed by atoms with Gasteiger partial charge in [0.1, 0.15) is 4.21 Å². The third kappa shape index (κ3) is 2.86. The van der Waals surface area contributed by atoms with Crippen molar-refractivity contribution in [2.45, 2.75) is 4.21 Å². The van der Waals surface area contributed by atoms with E-state index in [1.54, 1.807) is 17.5 Å². The third-order valence-corrected chi connectivity index (χ3v) is 6.11. The lowest BCUT2D eigenvalue weighted by Gasteiger charge is -2.33. The number of aliphatic hydroxyl groups excluding tert-OH is 1. The molecule has 1 aromatic heterocycles. The van der Waals surface area contributed by atoms with E-state index in [1.807, 2.05) is 0 Å². The summed E-state index contributed by atoms with van der Waals surface area (Å²) in [7, 11) is -3.29. The molecule has 5 nitrogen and oxygen atoms in total. The maximum Gasteiger partial charge on any atom is 0.252 e. The van der Waals surface area contributed by atoms with E-state index in [-0.39, 0.29) is 6.61 Å². The number of sulfonamides is 1. The molecule has 0 spiro atoms. The van der Waals surface area contributed by atoms with Crippen LogP contribution in [0.4, 0.5) is 0 Å². The Balaban J connectivity index is 2.01. The summed E-state index contributed by atoms with van der Waals surface area (Å²) < 4.78 is 26.3. The molecule has 1 aromatic rings. The van der Waals surface area contributed by atoms with Crippen molar-refractivity contribution in [3.05, 3.63) is 17.5 Å². The molecule has 0 bridgehead atoms. The molecule has 1 aliphatic heterocycles. The van der Waals surface area contributed by atoms with Crippen LogP contribution in [0.1, 0.15) is 0 Å². The number of thiophene rings is 1. The Labute approximate surface area is 105 Å². The van der Waals surface area contributed by atoms with E-state index in [0.717, 1.165) is 0 Å². The number of aliphatic hydroxyl groups is 1. The lowest BCUT2D eigenvalue weighted by molar-refractivity contribution is 0.151. The fraction of sp³-hybridized carbons (Fsp3) is 0.600. The fourth-order valence-corrected chi connectivity index (χ4v) is 4.44. The summed E-state index contributed by atoms with van der Waals surface area (Å²) in [4.78, 5) is 2.07. The molecule has 0 unspecified atom stereocenters. The van der Waals surface area contributed by atoms with Gasteiger partial charge in [-0.1, -0.05) is 6.07 Å². The maximum absolute atomic E-state index is 12.2. The SMILES string of the molecule is O=S(=O)(c1cccs1)N1CCN(CCO)CC1. The Morgan fingerprint density at radius 1 is 1.29 bits per heavy atom. The van der Waals surface area contributed by atoms with Gasteiger partial charge in [-0.05, 0) is 11.4 Å². The van der Waals surface area contributed by atoms with E-state index in [9.17, 15) is 8.42 Å². The number of piperazine rings is 1. The van der Waals surface area contributed by atoms with Gasteiger partial charge in [0.15, 0.2) is 0 Å². The molecule has 0 saturated carbocycles. The Morgan fingerprint density at radius 2 is 2.00 bits per heavy atom. The highest BCUT2D eigenvalue weighted by atomic mass is 32.2. The van der Waals surface area contributed by atoms with Crippen LogP contribution >= 0.6 is 11.3 Å². The van der Waals surface area contributed by atoms with Gasteiger partial charge in [0, 0.05) is 32.7 Å². The van der Waals surface area contributed by atoms with Gasteiger partial charge in [-0.25, -0.2) is 8.42 Å². The minimum absolute atomic E-state index is 0.123. The number of rotatable bonds is 4. The quantitative estimate of drug-likeness (QED) is 0.844. The Morgan fingerprint density at radius 3 is 2.53 bits per heavy atom. The van der Waals surface area contributed by atoms with Gasteiger partial charge in [0.25, 0.3) is 10.0 Å². The van der Waals surface area contributed by atoms with Crippen molar-refractivity contribution < 1.29 is 13.5 Å². The lowest BCUT2D eigenvalue weighted by Crippen LogP contribution is -2.49. The van der Waals surface area contributed by atoms with Crippen LogP contribution < -0.4 is 0 Å². The summed E-state index contributed by atoms with van der Waals surface area (Å²) >= 11 is 1.25. The van der Waals surface area contributed by atoms with Crippen molar-refractivity contribution in [2.75, 3.05) is 39.3 Å². The van der Waals surface area contributed by atoms with Crippen molar-refractivity contribution in [2.24, 2.45) is 0 Å². The van der Waals surface area contributed by atoms with Crippen LogP contribution in [-0.4, -0.2) is 62.1 Å². The van der Waals surface area contributed by atoms with E-state index in [2.05, 4.69) is 4.90 Å². The largest absolute Gasteiger partial charge is 0.395 e. The van der Waals surface area contributed by atoms with Gasteiger partial charge < -0.3 is 5.11 Å². The summed E-state index contributed by atoms with van der Waals surface area (Å²) in [6, 6.07) is 3.39. The first kappa shape index (κ1) is 13.0. The number of hydrogen-bond acceptors (Lipinski definition) is 5. The van der Waals surface area contributed by atoms with Crippen molar-refractivity contribution in [3.8, 4) is 0 Å². The minimum atomic E-state index is -3.29. The second kappa shape index (κ2) is 5.45. The first-order valence-electron chi connectivity index (χ1n) is 5.51. The smallest absolute Gasteiger partial charge is 0.252 e. The third-order valence-electron chi connectivity index (χ3n) is 2.84. The van der Waals surface area contributed by atoms with Gasteiger partial charge in [-0.15, -0.1) is 11.3 Å². The second-order valence-corrected chi connectivity index (χ2v) is 7.01. The summed E-state index contributed by atoms with van der Waals surface area (Å²) in [6.45, 7) is 3.11. The van der Waals surface area contributed by atoms with Crippen LogP contribution in [0.25, 0.3) is 0 Å². The fourth-order valence-electron chi connectivity index (χ4n) is 1.87. The monoisotopic (exact) mass is 276 g/mol. The molecule has 17 heavy (non-hydrogen) atoms. The highest BCUT2D eigenvalue weighted by molar-refractivity contribution is 7.91. The van der Waals surface area contributed by atoms with Gasteiger partial charge >= 0.3 is 0 Å². The number of nitrogens with zero attached hydrogens (tertiary/aromatic N) is 2. The molecule has 96 valence electrons. The van der Waals surface area contributed by atoms with Gasteiger partial charge in [0.05, 0.1) is 6.61 Å². The van der Waals surface area contributed by atoms with Crippen molar-refractivity contribution in [1.82, 2.24) is 9.21 Å². The summed E-state index contributed by atoms with van der Waals surface area (Å²) in [6.07, 6.45) is 0. The molecule has 0 atom stereocenters. The normalized spacial score (nSPS) is 19.6. The molecule has 0 radical (unpaired) electrons. The average Bonchev–Trinajstić information content (AvgIpc) is 2.84. The van der Waals surface area contributed by atoms with Crippen LogP contribution in [0.2, 0.25) is 0 Å². The first-order valence-corrected chi connectivity index (χ1v) is 7.83. The molecule has 0 amide bonds. The van der Waals surface area contributed by atoms with E-state index < -0.39 is 10.0 Å². The second-order valence-electron chi connectivity index (χ2n) is 3.90. The zero-order valence-electron chi connectivity index (χ0n) is 9.45. The predicted octanol–water partition coefficient (Wildman–Crippen LogP) is 0.0467. The highest BCUT2D eigenvalue weighted by Gasteiger charge is 2.28. The molecule has 1 fully saturated rings. The van der Waals surface area contributed by atoms with Crippen molar-refractivity contribution >= 4 is 21.4 Å². The Bertz CT molecular complexity index is 436. The van der Waals surface area contributed by atoms with Crippen LogP contribution in [0.3, 0.4) is 0 Å². The molecule has 0 aromatic carbocycles. The van der Waals surface area contributed by atoms with Gasteiger partial charge in [-0.3, -0.25) is 4.90 Å². The Hall–Kier alpha value is -0.470.